The van der Waals surface area contributed by atoms with Gasteiger partial charge in [-0.15, -0.1) is 0 Å². The Balaban J connectivity index is 2.06. The van der Waals surface area contributed by atoms with E-state index in [-0.39, 0.29) is 11.1 Å². The Morgan fingerprint density at radius 1 is 1.04 bits per heavy atom. The molecule has 0 heterocycles. The first kappa shape index (κ1) is 19.2. The third-order valence-electron chi connectivity index (χ3n) is 3.14. The molecule has 0 atom stereocenters. The molecule has 0 aromatic heterocycles. The van der Waals surface area contributed by atoms with E-state index in [1.165, 1.54) is 0 Å². The number of amides is 2. The van der Waals surface area contributed by atoms with Crippen LogP contribution in [-0.4, -0.2) is 32.1 Å². The second-order valence-electron chi connectivity index (χ2n) is 4.87. The topological polar surface area (TPSA) is 76.7 Å². The molecule has 2 rings (SSSR count). The Kier molecular flexibility index (Phi) is 7.24. The highest BCUT2D eigenvalue weighted by molar-refractivity contribution is 9.10. The standard InChI is InChI=1S/C17H16BrClN2O4/c1-24-8-9-25-15-7-6-11(18)10-13(15)17(23)21-20-16(22)12-4-2-3-5-14(12)19/h2-7,10H,8-9H2,1H3,(H,20,22)(H,21,23). The summed E-state index contributed by atoms with van der Waals surface area (Å²) in [6.45, 7) is 0.685. The second-order valence-corrected chi connectivity index (χ2v) is 6.19. The van der Waals surface area contributed by atoms with Crippen LogP contribution in [0, 0.1) is 0 Å². The zero-order chi connectivity index (χ0) is 18.2. The van der Waals surface area contributed by atoms with Crippen LogP contribution in [0.2, 0.25) is 5.02 Å². The second kappa shape index (κ2) is 9.41. The van der Waals surface area contributed by atoms with Gasteiger partial charge in [0.05, 0.1) is 22.8 Å². The predicted octanol–water partition coefficient (Wildman–Crippen LogP) is 3.20. The lowest BCUT2D eigenvalue weighted by molar-refractivity contribution is 0.0842. The van der Waals surface area contributed by atoms with Crippen molar-refractivity contribution in [2.75, 3.05) is 20.3 Å². The fourth-order valence-corrected chi connectivity index (χ4v) is 2.52. The summed E-state index contributed by atoms with van der Waals surface area (Å²) < 4.78 is 11.1. The molecule has 8 heteroatoms. The van der Waals surface area contributed by atoms with Gasteiger partial charge >= 0.3 is 0 Å². The Bertz CT molecular complexity index is 770. The van der Waals surface area contributed by atoms with Crippen LogP contribution in [0.3, 0.4) is 0 Å². The molecule has 0 aliphatic carbocycles. The molecule has 0 fully saturated rings. The number of methoxy groups -OCH3 is 1. The maximum atomic E-state index is 12.4. The van der Waals surface area contributed by atoms with Gasteiger partial charge in [-0.3, -0.25) is 20.4 Å². The van der Waals surface area contributed by atoms with Gasteiger partial charge in [0, 0.05) is 11.6 Å². The summed E-state index contributed by atoms with van der Waals surface area (Å²) in [7, 11) is 1.56. The molecule has 2 N–H and O–H groups in total. The summed E-state index contributed by atoms with van der Waals surface area (Å²) in [5, 5.41) is 0.292. The monoisotopic (exact) mass is 426 g/mol. The van der Waals surface area contributed by atoms with E-state index >= 15 is 0 Å². The molecule has 0 aliphatic heterocycles. The maximum absolute atomic E-state index is 12.4. The summed E-state index contributed by atoms with van der Waals surface area (Å²) in [4.78, 5) is 24.5. The van der Waals surface area contributed by atoms with Crippen LogP contribution in [0.5, 0.6) is 5.75 Å². The molecule has 0 bridgehead atoms. The Hall–Kier alpha value is -2.09. The van der Waals surface area contributed by atoms with Gasteiger partial charge in [-0.2, -0.15) is 0 Å². The number of ether oxygens (including phenoxy) is 2. The molecule has 0 unspecified atom stereocenters. The average molecular weight is 428 g/mol. The third-order valence-corrected chi connectivity index (χ3v) is 3.96. The summed E-state index contributed by atoms with van der Waals surface area (Å²) in [6.07, 6.45) is 0. The number of hydrogen-bond donors (Lipinski definition) is 2. The first-order valence-corrected chi connectivity index (χ1v) is 8.46. The van der Waals surface area contributed by atoms with E-state index < -0.39 is 11.8 Å². The zero-order valence-corrected chi connectivity index (χ0v) is 15.7. The van der Waals surface area contributed by atoms with E-state index in [0.29, 0.717) is 28.5 Å². The number of rotatable bonds is 6. The summed E-state index contributed by atoms with van der Waals surface area (Å²) in [5.74, 6) is -0.658. The first-order chi connectivity index (χ1) is 12.0. The molecule has 0 aliphatic rings. The van der Waals surface area contributed by atoms with Crippen molar-refractivity contribution in [1.29, 1.82) is 0 Å². The Morgan fingerprint density at radius 2 is 1.72 bits per heavy atom. The largest absolute Gasteiger partial charge is 0.490 e. The Labute approximate surface area is 158 Å². The van der Waals surface area contributed by atoms with Crippen LogP contribution in [-0.2, 0) is 4.74 Å². The predicted molar refractivity (Wildman–Crippen MR) is 97.9 cm³/mol. The fourth-order valence-electron chi connectivity index (χ4n) is 1.93. The lowest BCUT2D eigenvalue weighted by Crippen LogP contribution is -2.41. The number of hydrogen-bond acceptors (Lipinski definition) is 4. The van der Waals surface area contributed by atoms with Crippen LogP contribution >= 0.6 is 27.5 Å². The van der Waals surface area contributed by atoms with Crippen molar-refractivity contribution in [2.45, 2.75) is 0 Å². The smallest absolute Gasteiger partial charge is 0.273 e. The van der Waals surface area contributed by atoms with Crippen LogP contribution in [0.15, 0.2) is 46.9 Å². The highest BCUT2D eigenvalue weighted by Gasteiger charge is 2.15. The molecule has 0 radical (unpaired) electrons. The molecule has 2 aromatic carbocycles. The van der Waals surface area contributed by atoms with E-state index in [0.717, 1.165) is 0 Å². The van der Waals surface area contributed by atoms with Crippen LogP contribution < -0.4 is 15.6 Å². The van der Waals surface area contributed by atoms with Crippen molar-refractivity contribution < 1.29 is 19.1 Å². The summed E-state index contributed by atoms with van der Waals surface area (Å²) in [5.41, 5.74) is 5.21. The zero-order valence-electron chi connectivity index (χ0n) is 13.3. The van der Waals surface area contributed by atoms with Gasteiger partial charge in [0.15, 0.2) is 0 Å². The quantitative estimate of drug-likeness (QED) is 0.548. The molecule has 0 saturated carbocycles. The summed E-state index contributed by atoms with van der Waals surface area (Å²) >= 11 is 9.26. The van der Waals surface area contributed by atoms with Crippen LogP contribution in [0.4, 0.5) is 0 Å². The number of nitrogens with one attached hydrogen (secondary N) is 2. The average Bonchev–Trinajstić information content (AvgIpc) is 2.61. The van der Waals surface area contributed by atoms with Gasteiger partial charge < -0.3 is 9.47 Å². The molecule has 0 saturated heterocycles. The molecule has 25 heavy (non-hydrogen) atoms. The minimum Gasteiger partial charge on any atom is -0.490 e. The number of carbonyl (C=O) groups excluding carboxylic acids is 2. The molecule has 2 aromatic rings. The van der Waals surface area contributed by atoms with E-state index in [1.807, 2.05) is 0 Å². The number of carbonyl (C=O) groups is 2. The fraction of sp³-hybridized carbons (Fsp3) is 0.176. The lowest BCUT2D eigenvalue weighted by atomic mass is 10.2. The summed E-state index contributed by atoms with van der Waals surface area (Å²) in [6, 6.07) is 11.5. The van der Waals surface area contributed by atoms with Gasteiger partial charge in [0.1, 0.15) is 12.4 Å². The highest BCUT2D eigenvalue weighted by atomic mass is 79.9. The molecule has 0 spiro atoms. The maximum Gasteiger partial charge on any atom is 0.273 e. The highest BCUT2D eigenvalue weighted by Crippen LogP contribution is 2.23. The third kappa shape index (κ3) is 5.45. The van der Waals surface area contributed by atoms with E-state index in [2.05, 4.69) is 26.8 Å². The molecule has 6 nitrogen and oxygen atoms in total. The minimum absolute atomic E-state index is 0.260. The Morgan fingerprint density at radius 3 is 2.40 bits per heavy atom. The van der Waals surface area contributed by atoms with Crippen molar-refractivity contribution in [2.24, 2.45) is 0 Å². The van der Waals surface area contributed by atoms with Crippen molar-refractivity contribution in [3.8, 4) is 5.75 Å². The van der Waals surface area contributed by atoms with Crippen molar-refractivity contribution in [3.63, 3.8) is 0 Å². The van der Waals surface area contributed by atoms with Crippen LogP contribution in [0.25, 0.3) is 0 Å². The normalized spacial score (nSPS) is 10.2. The van der Waals surface area contributed by atoms with E-state index in [9.17, 15) is 9.59 Å². The molecule has 132 valence electrons. The first-order valence-electron chi connectivity index (χ1n) is 7.29. The van der Waals surface area contributed by atoms with E-state index in [4.69, 9.17) is 21.1 Å². The van der Waals surface area contributed by atoms with E-state index in [1.54, 1.807) is 49.6 Å². The number of hydrazine groups is 1. The van der Waals surface area contributed by atoms with Gasteiger partial charge in [0.2, 0.25) is 0 Å². The SMILES string of the molecule is COCCOc1ccc(Br)cc1C(=O)NNC(=O)c1ccccc1Cl. The molecular formula is C17H16BrClN2O4. The lowest BCUT2D eigenvalue weighted by Gasteiger charge is -2.13. The van der Waals surface area contributed by atoms with Gasteiger partial charge in [0.25, 0.3) is 11.8 Å². The molecular weight excluding hydrogens is 412 g/mol. The number of halogens is 2. The van der Waals surface area contributed by atoms with Gasteiger partial charge in [-0.1, -0.05) is 39.7 Å². The van der Waals surface area contributed by atoms with Gasteiger partial charge in [-0.25, -0.2) is 0 Å². The van der Waals surface area contributed by atoms with Crippen LogP contribution in [0.1, 0.15) is 20.7 Å². The van der Waals surface area contributed by atoms with Crippen molar-refractivity contribution >= 4 is 39.3 Å². The van der Waals surface area contributed by atoms with Crippen molar-refractivity contribution in [1.82, 2.24) is 10.9 Å². The molecule has 2 amide bonds. The van der Waals surface area contributed by atoms with Gasteiger partial charge in [-0.05, 0) is 30.3 Å². The number of benzene rings is 2. The van der Waals surface area contributed by atoms with Crippen molar-refractivity contribution in [3.05, 3.63) is 63.1 Å². The minimum atomic E-state index is -0.519.